The zero-order valence-corrected chi connectivity index (χ0v) is 13.6. The molecular weight excluding hydrogens is 298 g/mol. The first-order valence-corrected chi connectivity index (χ1v) is 7.86. The molecule has 4 rings (SSSR count). The van der Waals surface area contributed by atoms with E-state index in [0.29, 0.717) is 0 Å². The van der Waals surface area contributed by atoms with Crippen LogP contribution in [0.15, 0.2) is 24.3 Å². The van der Waals surface area contributed by atoms with Gasteiger partial charge < -0.3 is 24.1 Å². The lowest BCUT2D eigenvalue weighted by atomic mass is 9.58. The Hall–Kier alpha value is -1.23. The minimum absolute atomic E-state index is 0.413. The van der Waals surface area contributed by atoms with Gasteiger partial charge >= 0.3 is 0 Å². The van der Waals surface area contributed by atoms with Crippen LogP contribution in [0.1, 0.15) is 27.7 Å². The van der Waals surface area contributed by atoms with E-state index in [1.165, 1.54) is 0 Å². The number of rotatable bonds is 0. The van der Waals surface area contributed by atoms with Crippen molar-refractivity contribution in [3.8, 4) is 6.07 Å². The Balaban J connectivity index is 1.88. The lowest BCUT2D eigenvalue weighted by Gasteiger charge is -2.51. The van der Waals surface area contributed by atoms with Gasteiger partial charge in [0.05, 0.1) is 6.07 Å². The van der Waals surface area contributed by atoms with Gasteiger partial charge in [-0.25, -0.2) is 0 Å². The van der Waals surface area contributed by atoms with Crippen LogP contribution in [0.25, 0.3) is 0 Å². The van der Waals surface area contributed by atoms with Gasteiger partial charge in [-0.1, -0.05) is 12.2 Å². The second-order valence-electron chi connectivity index (χ2n) is 7.57. The van der Waals surface area contributed by atoms with Crippen molar-refractivity contribution in [2.45, 2.75) is 69.3 Å². The molecule has 2 fully saturated rings. The molecule has 0 aromatic rings. The van der Waals surface area contributed by atoms with Crippen LogP contribution in [0.4, 0.5) is 0 Å². The van der Waals surface area contributed by atoms with Crippen molar-refractivity contribution < 1.29 is 24.1 Å². The van der Waals surface area contributed by atoms with Crippen molar-refractivity contribution in [1.29, 1.82) is 5.26 Å². The van der Waals surface area contributed by atoms with Crippen LogP contribution in [0.5, 0.6) is 0 Å². The summed E-state index contributed by atoms with van der Waals surface area (Å²) in [5, 5.41) is 21.3. The zero-order valence-electron chi connectivity index (χ0n) is 13.6. The van der Waals surface area contributed by atoms with Gasteiger partial charge in [0.2, 0.25) is 0 Å². The molecule has 0 aromatic heterocycles. The number of aliphatic hydroxyl groups is 1. The van der Waals surface area contributed by atoms with Gasteiger partial charge in [-0.15, -0.1) is 0 Å². The minimum atomic E-state index is -1.49. The maximum absolute atomic E-state index is 11.2. The normalized spacial score (nSPS) is 51.7. The van der Waals surface area contributed by atoms with Crippen molar-refractivity contribution >= 4 is 0 Å². The Kier molecular flexibility index (Phi) is 2.82. The Morgan fingerprint density at radius 1 is 0.870 bits per heavy atom. The van der Waals surface area contributed by atoms with E-state index in [-0.39, 0.29) is 0 Å². The second kappa shape index (κ2) is 4.24. The molecule has 23 heavy (non-hydrogen) atoms. The molecule has 2 aliphatic heterocycles. The molecular formula is C17H21NO5. The maximum atomic E-state index is 11.2. The lowest BCUT2D eigenvalue weighted by Crippen LogP contribution is -2.67. The molecule has 6 nitrogen and oxygen atoms in total. The van der Waals surface area contributed by atoms with Crippen molar-refractivity contribution in [1.82, 2.24) is 0 Å². The van der Waals surface area contributed by atoms with Crippen LogP contribution in [0.3, 0.4) is 0 Å². The summed E-state index contributed by atoms with van der Waals surface area (Å²) >= 11 is 0. The summed E-state index contributed by atoms with van der Waals surface area (Å²) in [4.78, 5) is 0. The molecule has 124 valence electrons. The van der Waals surface area contributed by atoms with Gasteiger partial charge in [-0.3, -0.25) is 0 Å². The molecule has 1 N–H and O–H groups in total. The van der Waals surface area contributed by atoms with E-state index in [2.05, 4.69) is 6.07 Å². The van der Waals surface area contributed by atoms with Crippen LogP contribution in [-0.4, -0.2) is 46.7 Å². The highest BCUT2D eigenvalue weighted by Gasteiger charge is 2.71. The van der Waals surface area contributed by atoms with E-state index in [4.69, 9.17) is 18.9 Å². The Morgan fingerprint density at radius 3 is 1.70 bits per heavy atom. The molecule has 0 spiro atoms. The summed E-state index contributed by atoms with van der Waals surface area (Å²) in [6, 6.07) is 2.32. The van der Waals surface area contributed by atoms with E-state index in [9.17, 15) is 10.4 Å². The fraction of sp³-hybridized carbons (Fsp3) is 0.706. The minimum Gasteiger partial charge on any atom is -0.380 e. The largest absolute Gasteiger partial charge is 0.380 e. The number of fused-ring (bicyclic) bond motifs is 5. The highest BCUT2D eigenvalue weighted by atomic mass is 16.8. The quantitative estimate of drug-likeness (QED) is 0.680. The second-order valence-corrected chi connectivity index (χ2v) is 7.57. The first-order chi connectivity index (χ1) is 10.6. The number of hydrogen-bond acceptors (Lipinski definition) is 6. The summed E-state index contributed by atoms with van der Waals surface area (Å²) in [5.41, 5.74) is -2.83. The molecule has 2 heterocycles. The van der Waals surface area contributed by atoms with Gasteiger partial charge in [-0.05, 0) is 39.8 Å². The summed E-state index contributed by atoms with van der Waals surface area (Å²) in [6.07, 6.45) is 4.64. The van der Waals surface area contributed by atoms with Crippen LogP contribution >= 0.6 is 0 Å². The SMILES string of the molecule is CC1(C)O[C@@H]2[C@@H](C=CC3(O)C=C[C@@H]4OC(C)(C)O[C@@H]4C23C#N)O1. The third-order valence-electron chi connectivity index (χ3n) is 5.08. The van der Waals surface area contributed by atoms with Crippen molar-refractivity contribution in [2.75, 3.05) is 0 Å². The topological polar surface area (TPSA) is 80.9 Å². The molecule has 0 saturated carbocycles. The third-order valence-corrected chi connectivity index (χ3v) is 5.08. The molecule has 4 aliphatic rings. The van der Waals surface area contributed by atoms with Gasteiger partial charge in [0.25, 0.3) is 0 Å². The average Bonchev–Trinajstić information content (AvgIpc) is 2.93. The lowest BCUT2D eigenvalue weighted by molar-refractivity contribution is -0.200. The summed E-state index contributed by atoms with van der Waals surface area (Å²) in [5.74, 6) is -1.67. The van der Waals surface area contributed by atoms with Crippen LogP contribution in [0, 0.1) is 16.7 Å². The molecule has 0 radical (unpaired) electrons. The molecule has 0 amide bonds. The molecule has 0 bridgehead atoms. The standard InChI is InChI=1S/C17H21NO5/c1-14(2)20-10-5-7-16(19)8-6-11-13(23-15(3,4)21-11)17(16,9-18)12(10)22-14/h5-8,10-13,19H,1-4H3/t10-,11+,12-,13+,16?,17?. The van der Waals surface area contributed by atoms with Gasteiger partial charge in [-0.2, -0.15) is 5.26 Å². The van der Waals surface area contributed by atoms with Crippen LogP contribution in [-0.2, 0) is 18.9 Å². The molecule has 2 saturated heterocycles. The highest BCUT2D eigenvalue weighted by Crippen LogP contribution is 2.57. The summed E-state index contributed by atoms with van der Waals surface area (Å²) < 4.78 is 23.8. The van der Waals surface area contributed by atoms with Crippen LogP contribution in [0.2, 0.25) is 0 Å². The van der Waals surface area contributed by atoms with Crippen molar-refractivity contribution in [3.05, 3.63) is 24.3 Å². The molecule has 2 aliphatic carbocycles. The number of hydrogen-bond donors (Lipinski definition) is 1. The predicted octanol–water partition coefficient (Wildman–Crippen LogP) is 1.41. The number of ether oxygens (including phenoxy) is 4. The monoisotopic (exact) mass is 319 g/mol. The fourth-order valence-corrected chi connectivity index (χ4v) is 4.21. The third kappa shape index (κ3) is 1.86. The van der Waals surface area contributed by atoms with Crippen molar-refractivity contribution in [3.63, 3.8) is 0 Å². The summed E-state index contributed by atoms with van der Waals surface area (Å²) in [6.45, 7) is 7.20. The van der Waals surface area contributed by atoms with E-state index < -0.39 is 47.0 Å². The van der Waals surface area contributed by atoms with E-state index >= 15 is 0 Å². The Bertz CT molecular complexity index is 602. The first kappa shape index (κ1) is 15.3. The molecule has 6 atom stereocenters. The molecule has 2 unspecified atom stereocenters. The van der Waals surface area contributed by atoms with E-state index in [1.54, 1.807) is 52.0 Å². The zero-order chi connectivity index (χ0) is 16.7. The Morgan fingerprint density at radius 2 is 1.30 bits per heavy atom. The van der Waals surface area contributed by atoms with Crippen LogP contribution < -0.4 is 0 Å². The van der Waals surface area contributed by atoms with E-state index in [0.717, 1.165) is 0 Å². The Labute approximate surface area is 135 Å². The molecule has 6 heteroatoms. The molecule has 0 aromatic carbocycles. The summed E-state index contributed by atoms with van der Waals surface area (Å²) in [7, 11) is 0. The predicted molar refractivity (Wildman–Crippen MR) is 78.9 cm³/mol. The van der Waals surface area contributed by atoms with Gasteiger partial charge in [0.1, 0.15) is 30.0 Å². The van der Waals surface area contributed by atoms with Gasteiger partial charge in [0.15, 0.2) is 17.0 Å². The highest BCUT2D eigenvalue weighted by molar-refractivity contribution is 5.41. The number of nitriles is 1. The van der Waals surface area contributed by atoms with Crippen molar-refractivity contribution in [2.24, 2.45) is 5.41 Å². The smallest absolute Gasteiger partial charge is 0.164 e. The van der Waals surface area contributed by atoms with E-state index in [1.807, 2.05) is 0 Å². The first-order valence-electron chi connectivity index (χ1n) is 7.86. The number of nitrogens with zero attached hydrogens (tertiary/aromatic N) is 1. The maximum Gasteiger partial charge on any atom is 0.164 e. The average molecular weight is 319 g/mol. The fourth-order valence-electron chi connectivity index (χ4n) is 4.21. The van der Waals surface area contributed by atoms with Gasteiger partial charge in [0, 0.05) is 0 Å².